The van der Waals surface area contributed by atoms with Gasteiger partial charge in [0.1, 0.15) is 18.0 Å². The molecule has 4 N–H and O–H groups in total. The minimum Gasteiger partial charge on any atom is -0.487 e. The third kappa shape index (κ3) is 4.04. The van der Waals surface area contributed by atoms with Crippen molar-refractivity contribution in [2.75, 3.05) is 11.1 Å². The molecule has 0 atom stereocenters. The van der Waals surface area contributed by atoms with E-state index >= 15 is 0 Å². The molecule has 35 heavy (non-hydrogen) atoms. The first kappa shape index (κ1) is 20.8. The van der Waals surface area contributed by atoms with Crippen LogP contribution in [-0.2, 0) is 13.2 Å². The summed E-state index contributed by atoms with van der Waals surface area (Å²) < 4.78 is 8.29. The number of H-pyrrole nitrogens is 1. The highest BCUT2D eigenvalue weighted by Gasteiger charge is 2.14. The number of aromatic nitrogens is 4. The second-order valence-corrected chi connectivity index (χ2v) is 8.35. The molecular formula is C28H24N6O. The Hall–Kier alpha value is -4.78. The molecule has 0 unspecified atom stereocenters. The SMILES string of the molecule is Nc1n[nH]c2ccc(-n3c(CNc4ccccc4OCc4ccccc4)cc4cccnc43)cc12. The summed E-state index contributed by atoms with van der Waals surface area (Å²) in [5.41, 5.74) is 12.0. The molecule has 0 aliphatic rings. The normalized spacial score (nSPS) is 11.2. The standard InChI is InChI=1S/C28H24N6O/c29-27-23-16-21(12-13-24(23)32-33-27)34-22(15-20-9-6-14-30-28(20)34)17-31-25-10-4-5-11-26(25)35-18-19-7-2-1-3-8-19/h1-16,31H,17-18H2,(H3,29,32,33). The summed E-state index contributed by atoms with van der Waals surface area (Å²) in [5, 5.41) is 12.6. The van der Waals surface area contributed by atoms with Crippen molar-refractivity contribution in [2.24, 2.45) is 0 Å². The fraction of sp³-hybridized carbons (Fsp3) is 0.0714. The molecule has 0 amide bonds. The Labute approximate surface area is 202 Å². The Bertz CT molecular complexity index is 1620. The molecule has 0 saturated heterocycles. The maximum absolute atomic E-state index is 6.13. The number of nitrogens with one attached hydrogen (secondary N) is 2. The summed E-state index contributed by atoms with van der Waals surface area (Å²) in [6.07, 6.45) is 1.81. The molecule has 172 valence electrons. The van der Waals surface area contributed by atoms with Gasteiger partial charge in [-0.05, 0) is 54.1 Å². The van der Waals surface area contributed by atoms with Crippen LogP contribution in [0.1, 0.15) is 11.3 Å². The molecule has 3 aromatic carbocycles. The molecular weight excluding hydrogens is 436 g/mol. The van der Waals surface area contributed by atoms with Gasteiger partial charge in [-0.25, -0.2) is 4.98 Å². The first-order valence-corrected chi connectivity index (χ1v) is 11.5. The van der Waals surface area contributed by atoms with E-state index in [0.717, 1.165) is 50.3 Å². The van der Waals surface area contributed by atoms with Crippen molar-refractivity contribution in [3.05, 3.63) is 108 Å². The summed E-state index contributed by atoms with van der Waals surface area (Å²) in [4.78, 5) is 4.66. The molecule has 7 heteroatoms. The van der Waals surface area contributed by atoms with Crippen molar-refractivity contribution in [1.82, 2.24) is 19.7 Å². The Morgan fingerprint density at radius 3 is 2.69 bits per heavy atom. The number of benzene rings is 3. The van der Waals surface area contributed by atoms with E-state index in [1.165, 1.54) is 0 Å². The highest BCUT2D eigenvalue weighted by molar-refractivity contribution is 5.91. The molecule has 0 fully saturated rings. The summed E-state index contributed by atoms with van der Waals surface area (Å²) >= 11 is 0. The average molecular weight is 461 g/mol. The fourth-order valence-corrected chi connectivity index (χ4v) is 4.33. The maximum atomic E-state index is 6.13. The lowest BCUT2D eigenvalue weighted by Gasteiger charge is -2.15. The van der Waals surface area contributed by atoms with Gasteiger partial charge in [0.15, 0.2) is 5.82 Å². The minimum atomic E-state index is 0.482. The van der Waals surface area contributed by atoms with Gasteiger partial charge in [-0.3, -0.25) is 9.67 Å². The van der Waals surface area contributed by atoms with Crippen LogP contribution in [0.15, 0.2) is 97.2 Å². The van der Waals surface area contributed by atoms with Crippen LogP contribution in [-0.4, -0.2) is 19.7 Å². The van der Waals surface area contributed by atoms with Gasteiger partial charge >= 0.3 is 0 Å². The predicted molar refractivity (Wildman–Crippen MR) is 140 cm³/mol. The van der Waals surface area contributed by atoms with Crippen molar-refractivity contribution in [2.45, 2.75) is 13.2 Å². The van der Waals surface area contributed by atoms with Crippen molar-refractivity contribution < 1.29 is 4.74 Å². The molecule has 0 spiro atoms. The number of ether oxygens (including phenoxy) is 1. The van der Waals surface area contributed by atoms with Crippen molar-refractivity contribution >= 4 is 33.4 Å². The molecule has 3 aromatic heterocycles. The van der Waals surface area contributed by atoms with Crippen molar-refractivity contribution in [3.63, 3.8) is 0 Å². The molecule has 6 rings (SSSR count). The summed E-state index contributed by atoms with van der Waals surface area (Å²) in [5.74, 6) is 1.29. The Morgan fingerprint density at radius 2 is 1.77 bits per heavy atom. The molecule has 0 saturated carbocycles. The average Bonchev–Trinajstić information content (AvgIpc) is 3.47. The van der Waals surface area contributed by atoms with Crippen LogP contribution in [0.25, 0.3) is 27.6 Å². The van der Waals surface area contributed by atoms with Gasteiger partial charge < -0.3 is 15.8 Å². The zero-order valence-electron chi connectivity index (χ0n) is 19.0. The van der Waals surface area contributed by atoms with Gasteiger partial charge in [0.2, 0.25) is 0 Å². The third-order valence-electron chi connectivity index (χ3n) is 6.06. The first-order chi connectivity index (χ1) is 17.3. The first-order valence-electron chi connectivity index (χ1n) is 11.5. The van der Waals surface area contributed by atoms with Gasteiger partial charge in [0, 0.05) is 28.4 Å². The number of nitrogens with two attached hydrogens (primary N) is 1. The van der Waals surface area contributed by atoms with Gasteiger partial charge in [0.05, 0.1) is 17.7 Å². The second-order valence-electron chi connectivity index (χ2n) is 8.35. The third-order valence-corrected chi connectivity index (χ3v) is 6.06. The molecule has 0 aliphatic carbocycles. The lowest BCUT2D eigenvalue weighted by molar-refractivity contribution is 0.307. The van der Waals surface area contributed by atoms with E-state index in [4.69, 9.17) is 10.5 Å². The number of aromatic amines is 1. The quantitative estimate of drug-likeness (QED) is 0.285. The predicted octanol–water partition coefficient (Wildman–Crippen LogP) is 5.68. The zero-order chi connectivity index (χ0) is 23.6. The lowest BCUT2D eigenvalue weighted by atomic mass is 10.2. The van der Waals surface area contributed by atoms with Crippen LogP contribution in [0.4, 0.5) is 11.5 Å². The van der Waals surface area contributed by atoms with Crippen LogP contribution in [0.5, 0.6) is 5.75 Å². The van der Waals surface area contributed by atoms with Gasteiger partial charge in [-0.1, -0.05) is 42.5 Å². The Balaban J connectivity index is 1.32. The van der Waals surface area contributed by atoms with Gasteiger partial charge in [0.25, 0.3) is 0 Å². The van der Waals surface area contributed by atoms with E-state index in [1.807, 2.05) is 66.9 Å². The van der Waals surface area contributed by atoms with Crippen LogP contribution in [0.3, 0.4) is 0 Å². The Kier molecular flexibility index (Phi) is 5.27. The molecule has 7 nitrogen and oxygen atoms in total. The number of pyridine rings is 1. The molecule has 6 aromatic rings. The summed E-state index contributed by atoms with van der Waals surface area (Å²) in [6, 6.07) is 30.4. The molecule has 3 heterocycles. The van der Waals surface area contributed by atoms with Crippen LogP contribution in [0, 0.1) is 0 Å². The monoisotopic (exact) mass is 460 g/mol. The van der Waals surface area contributed by atoms with Crippen LogP contribution >= 0.6 is 0 Å². The summed E-state index contributed by atoms with van der Waals surface area (Å²) in [6.45, 7) is 1.09. The highest BCUT2D eigenvalue weighted by atomic mass is 16.5. The molecule has 0 bridgehead atoms. The molecule has 0 aliphatic heterocycles. The number of hydrogen-bond donors (Lipinski definition) is 3. The van der Waals surface area contributed by atoms with Gasteiger partial charge in [-0.2, -0.15) is 5.10 Å². The number of nitrogens with zero attached hydrogens (tertiary/aromatic N) is 3. The van der Waals surface area contributed by atoms with Crippen LogP contribution in [0.2, 0.25) is 0 Å². The topological polar surface area (TPSA) is 93.8 Å². The summed E-state index contributed by atoms with van der Waals surface area (Å²) in [7, 11) is 0. The highest BCUT2D eigenvalue weighted by Crippen LogP contribution is 2.29. The largest absolute Gasteiger partial charge is 0.487 e. The number of fused-ring (bicyclic) bond motifs is 2. The van der Waals surface area contributed by atoms with Crippen molar-refractivity contribution in [1.29, 1.82) is 0 Å². The molecule has 0 radical (unpaired) electrons. The number of para-hydroxylation sites is 2. The number of nitrogen functional groups attached to an aromatic ring is 1. The van der Waals surface area contributed by atoms with E-state index in [1.54, 1.807) is 0 Å². The van der Waals surface area contributed by atoms with Gasteiger partial charge in [-0.15, -0.1) is 0 Å². The van der Waals surface area contributed by atoms with E-state index in [2.05, 4.69) is 55.4 Å². The second kappa shape index (κ2) is 8.87. The van der Waals surface area contributed by atoms with E-state index < -0.39 is 0 Å². The van der Waals surface area contributed by atoms with E-state index in [0.29, 0.717) is 19.0 Å². The fourth-order valence-electron chi connectivity index (χ4n) is 4.33. The Morgan fingerprint density at radius 1 is 0.914 bits per heavy atom. The maximum Gasteiger partial charge on any atom is 0.153 e. The van der Waals surface area contributed by atoms with Crippen LogP contribution < -0.4 is 15.8 Å². The number of hydrogen-bond acceptors (Lipinski definition) is 5. The smallest absolute Gasteiger partial charge is 0.153 e. The minimum absolute atomic E-state index is 0.482. The number of anilines is 2. The zero-order valence-corrected chi connectivity index (χ0v) is 19.0. The van der Waals surface area contributed by atoms with Crippen molar-refractivity contribution in [3.8, 4) is 11.4 Å². The van der Waals surface area contributed by atoms with E-state index in [9.17, 15) is 0 Å². The van der Waals surface area contributed by atoms with E-state index in [-0.39, 0.29) is 0 Å². The lowest BCUT2D eigenvalue weighted by Crippen LogP contribution is -2.08. The number of rotatable bonds is 7.